The topological polar surface area (TPSA) is 173 Å². The Morgan fingerprint density at radius 3 is 1.92 bits per heavy atom. The highest BCUT2D eigenvalue weighted by Gasteiger charge is 2.49. The summed E-state index contributed by atoms with van der Waals surface area (Å²) >= 11 is 0. The summed E-state index contributed by atoms with van der Waals surface area (Å²) in [4.78, 5) is 71.3. The standard InChI is InChI=1S/C57H61NO13/c1-38-18-16-27-44(30-38)46(33-49(62)51(70-39(2)60)47(32-41-21-10-5-11-22-41)55(63)58-45(37-69-57(58)64)31-40-19-8-4-9-20-40)48(61)28-17-29-66-54-53(68-36-43-25-14-7-15-26-43)52(50(34-59)71-56(54)65-3)67-35-42-23-12-6-13-24-42/h4-16,18-27,30,33,45,47,50-54,56,59H,17,28-29,31-32,34-37H2,1-3H3. The van der Waals surface area contributed by atoms with Crippen LogP contribution in [0, 0.1) is 12.8 Å². The SMILES string of the molecule is COC1OC(CO)C(OCc2ccccc2)C(OCc2ccccc2)C1OCCCC(=O)C(=CC(=O)C(OC(C)=O)C(Cc1ccccc1)C(=O)N1C(=O)OCC1Cc1ccccc1)c1cccc(C)c1. The van der Waals surface area contributed by atoms with E-state index in [2.05, 4.69) is 0 Å². The Kier molecular flexibility index (Phi) is 19.1. The van der Waals surface area contributed by atoms with Crippen molar-refractivity contribution in [3.63, 3.8) is 0 Å². The number of methoxy groups -OCH3 is 1. The Hall–Kier alpha value is -6.65. The van der Waals surface area contributed by atoms with E-state index in [0.29, 0.717) is 17.5 Å². The van der Waals surface area contributed by atoms with Crippen LogP contribution in [-0.4, -0.2) is 109 Å². The van der Waals surface area contributed by atoms with Gasteiger partial charge in [-0.1, -0.05) is 151 Å². The fourth-order valence-electron chi connectivity index (χ4n) is 8.92. The monoisotopic (exact) mass is 967 g/mol. The van der Waals surface area contributed by atoms with Crippen molar-refractivity contribution in [3.8, 4) is 0 Å². The van der Waals surface area contributed by atoms with Crippen LogP contribution < -0.4 is 0 Å². The smallest absolute Gasteiger partial charge is 0.416 e. The summed E-state index contributed by atoms with van der Waals surface area (Å²) in [5, 5.41) is 10.5. The number of esters is 1. The van der Waals surface area contributed by atoms with Gasteiger partial charge in [0.05, 0.1) is 31.8 Å². The Morgan fingerprint density at radius 2 is 1.34 bits per heavy atom. The molecule has 71 heavy (non-hydrogen) atoms. The first-order chi connectivity index (χ1) is 34.5. The molecule has 2 aliphatic heterocycles. The molecule has 0 bridgehead atoms. The third-order valence-corrected chi connectivity index (χ3v) is 12.4. The van der Waals surface area contributed by atoms with Gasteiger partial charge in [-0.3, -0.25) is 19.2 Å². The number of benzene rings is 5. The van der Waals surface area contributed by atoms with Crippen LogP contribution in [0.25, 0.3) is 5.57 Å². The normalized spacial score (nSPS) is 21.0. The van der Waals surface area contributed by atoms with Crippen LogP contribution in [0.1, 0.15) is 53.1 Å². The van der Waals surface area contributed by atoms with Crippen LogP contribution in [0.2, 0.25) is 0 Å². The van der Waals surface area contributed by atoms with Crippen molar-refractivity contribution >= 4 is 35.1 Å². The molecule has 0 aliphatic carbocycles. The summed E-state index contributed by atoms with van der Waals surface area (Å²) in [7, 11) is 1.47. The maximum atomic E-state index is 14.8. The van der Waals surface area contributed by atoms with E-state index in [0.717, 1.165) is 40.2 Å². The summed E-state index contributed by atoms with van der Waals surface area (Å²) in [5.74, 6) is -4.21. The molecule has 372 valence electrons. The highest BCUT2D eigenvalue weighted by Crippen LogP contribution is 2.32. The van der Waals surface area contributed by atoms with E-state index in [1.54, 1.807) is 48.5 Å². The Bertz CT molecular complexity index is 2560. The second-order valence-corrected chi connectivity index (χ2v) is 17.6. The number of ether oxygens (including phenoxy) is 7. The van der Waals surface area contributed by atoms with E-state index >= 15 is 0 Å². The van der Waals surface area contributed by atoms with Crippen molar-refractivity contribution in [2.45, 2.75) is 95.6 Å². The minimum absolute atomic E-state index is 0.0227. The lowest BCUT2D eigenvalue weighted by molar-refractivity contribution is -0.319. The average molecular weight is 968 g/mol. The number of hydrogen-bond acceptors (Lipinski definition) is 13. The molecule has 5 aromatic carbocycles. The largest absolute Gasteiger partial charge is 0.453 e. The van der Waals surface area contributed by atoms with E-state index in [4.69, 9.17) is 33.2 Å². The summed E-state index contributed by atoms with van der Waals surface area (Å²) in [6, 6.07) is 43.8. The molecule has 14 heteroatoms. The molecule has 2 saturated heterocycles. The van der Waals surface area contributed by atoms with Gasteiger partial charge in [-0.2, -0.15) is 0 Å². The lowest BCUT2D eigenvalue weighted by Crippen LogP contribution is -2.61. The van der Waals surface area contributed by atoms with Gasteiger partial charge in [-0.15, -0.1) is 0 Å². The minimum Gasteiger partial charge on any atom is -0.453 e. The van der Waals surface area contributed by atoms with Crippen molar-refractivity contribution in [2.75, 3.05) is 26.9 Å². The van der Waals surface area contributed by atoms with Crippen molar-refractivity contribution < 1.29 is 62.2 Å². The number of Topliss-reactive ketones (excluding diaryl/α,β-unsaturated/α-hetero) is 1. The Balaban J connectivity index is 1.13. The van der Waals surface area contributed by atoms with Crippen LogP contribution in [0.4, 0.5) is 4.79 Å². The lowest BCUT2D eigenvalue weighted by Gasteiger charge is -2.45. The first-order valence-electron chi connectivity index (χ1n) is 23.8. The van der Waals surface area contributed by atoms with Crippen LogP contribution in [0.3, 0.4) is 0 Å². The van der Waals surface area contributed by atoms with Crippen molar-refractivity contribution in [1.82, 2.24) is 4.90 Å². The number of nitrogens with zero attached hydrogens (tertiary/aromatic N) is 1. The number of amides is 2. The number of aliphatic hydroxyl groups is 1. The van der Waals surface area contributed by atoms with Gasteiger partial charge in [-0.25, -0.2) is 9.69 Å². The fraction of sp³-hybridized carbons (Fsp3) is 0.351. The van der Waals surface area contributed by atoms with E-state index in [1.165, 1.54) is 7.11 Å². The van der Waals surface area contributed by atoms with Gasteiger partial charge in [-0.05, 0) is 60.1 Å². The van der Waals surface area contributed by atoms with Crippen LogP contribution >= 0.6 is 0 Å². The first-order valence-corrected chi connectivity index (χ1v) is 23.8. The molecule has 2 heterocycles. The molecule has 0 aromatic heterocycles. The number of hydrogen-bond donors (Lipinski definition) is 1. The van der Waals surface area contributed by atoms with Gasteiger partial charge in [0.1, 0.15) is 31.0 Å². The molecule has 2 amide bonds. The molecule has 0 saturated carbocycles. The third-order valence-electron chi connectivity index (χ3n) is 12.4. The number of ketones is 2. The summed E-state index contributed by atoms with van der Waals surface area (Å²) in [6.45, 7) is 2.98. The number of carbonyl (C=O) groups excluding carboxylic acids is 5. The molecule has 8 atom stereocenters. The molecule has 7 rings (SSSR count). The molecular formula is C57H61NO13. The highest BCUT2D eigenvalue weighted by molar-refractivity contribution is 6.25. The zero-order chi connectivity index (χ0) is 50.1. The molecule has 2 aliphatic rings. The van der Waals surface area contributed by atoms with E-state index in [-0.39, 0.29) is 57.9 Å². The zero-order valence-electron chi connectivity index (χ0n) is 40.2. The van der Waals surface area contributed by atoms with Crippen LogP contribution in [0.5, 0.6) is 0 Å². The molecule has 0 spiro atoms. The second kappa shape index (κ2) is 26.0. The Morgan fingerprint density at radius 1 is 0.746 bits per heavy atom. The van der Waals surface area contributed by atoms with Crippen LogP contribution in [-0.2, 0) is 78.4 Å². The highest BCUT2D eigenvalue weighted by atomic mass is 16.7. The zero-order valence-corrected chi connectivity index (χ0v) is 40.2. The number of rotatable bonds is 24. The maximum Gasteiger partial charge on any atom is 0.416 e. The lowest BCUT2D eigenvalue weighted by atomic mass is 9.87. The molecule has 0 radical (unpaired) electrons. The van der Waals surface area contributed by atoms with Gasteiger partial charge in [0.2, 0.25) is 5.91 Å². The number of cyclic esters (lactones) is 1. The van der Waals surface area contributed by atoms with Crippen molar-refractivity contribution in [1.29, 1.82) is 0 Å². The van der Waals surface area contributed by atoms with Gasteiger partial charge in [0, 0.05) is 32.6 Å². The number of imide groups is 1. The van der Waals surface area contributed by atoms with Crippen molar-refractivity contribution in [2.24, 2.45) is 5.92 Å². The molecule has 14 nitrogen and oxygen atoms in total. The molecule has 2 fully saturated rings. The van der Waals surface area contributed by atoms with E-state index in [1.807, 2.05) is 104 Å². The second-order valence-electron chi connectivity index (χ2n) is 17.6. The molecule has 5 aromatic rings. The van der Waals surface area contributed by atoms with Gasteiger partial charge >= 0.3 is 12.1 Å². The predicted molar refractivity (Wildman–Crippen MR) is 262 cm³/mol. The molecule has 1 N–H and O–H groups in total. The molecule has 8 unspecified atom stereocenters. The number of aliphatic hydroxyl groups excluding tert-OH is 1. The Labute approximate surface area is 414 Å². The number of aryl methyl sites for hydroxylation is 1. The van der Waals surface area contributed by atoms with E-state index < -0.39 is 78.3 Å². The van der Waals surface area contributed by atoms with E-state index in [9.17, 15) is 29.1 Å². The average Bonchev–Trinajstić information content (AvgIpc) is 3.75. The number of allylic oxidation sites excluding steroid dienone is 1. The first kappa shape index (κ1) is 52.2. The summed E-state index contributed by atoms with van der Waals surface area (Å²) in [5.41, 5.74) is 4.61. The quantitative estimate of drug-likeness (QED) is 0.0364. The van der Waals surface area contributed by atoms with Gasteiger partial charge in [0.25, 0.3) is 0 Å². The van der Waals surface area contributed by atoms with Crippen LogP contribution in [0.15, 0.2) is 152 Å². The predicted octanol–water partition coefficient (Wildman–Crippen LogP) is 7.60. The molecular weight excluding hydrogens is 907 g/mol. The van der Waals surface area contributed by atoms with Gasteiger partial charge in [0.15, 0.2) is 24.0 Å². The fourth-order valence-corrected chi connectivity index (χ4v) is 8.92. The minimum atomic E-state index is -1.73. The summed E-state index contributed by atoms with van der Waals surface area (Å²) < 4.78 is 42.6. The van der Waals surface area contributed by atoms with Gasteiger partial charge < -0.3 is 38.3 Å². The third kappa shape index (κ3) is 14.3. The summed E-state index contributed by atoms with van der Waals surface area (Å²) in [6.07, 6.45) is -5.38. The van der Waals surface area contributed by atoms with Crippen molar-refractivity contribution in [3.05, 3.63) is 185 Å². The number of carbonyl (C=O) groups is 5. The maximum absolute atomic E-state index is 14.8.